The van der Waals surface area contributed by atoms with E-state index in [0.717, 1.165) is 13.1 Å². The molecule has 1 aliphatic heterocycles. The van der Waals surface area contributed by atoms with Crippen LogP contribution in [0.5, 0.6) is 0 Å². The van der Waals surface area contributed by atoms with Crippen LogP contribution in [-0.4, -0.2) is 36.5 Å². The van der Waals surface area contributed by atoms with Gasteiger partial charge in [0.25, 0.3) is 0 Å². The minimum absolute atomic E-state index is 0.148. The Morgan fingerprint density at radius 3 is 2.67 bits per heavy atom. The molecule has 0 bridgehead atoms. The van der Waals surface area contributed by atoms with Gasteiger partial charge in [-0.15, -0.1) is 0 Å². The van der Waals surface area contributed by atoms with Crippen molar-refractivity contribution >= 4 is 29.1 Å². The van der Waals surface area contributed by atoms with Gasteiger partial charge in [0.05, 0.1) is 12.5 Å². The summed E-state index contributed by atoms with van der Waals surface area (Å²) in [6.45, 7) is 1.60. The molecule has 112 valence electrons. The van der Waals surface area contributed by atoms with Crippen LogP contribution in [0.4, 0.5) is 0 Å². The lowest BCUT2D eigenvalue weighted by Gasteiger charge is -2.36. The maximum absolute atomic E-state index is 12.2. The highest BCUT2D eigenvalue weighted by atomic mass is 35.5. The Bertz CT molecular complexity index is 575. The molecule has 0 atom stereocenters. The van der Waals surface area contributed by atoms with E-state index in [1.165, 1.54) is 0 Å². The van der Waals surface area contributed by atoms with Crippen molar-refractivity contribution in [3.63, 3.8) is 0 Å². The number of carbonyl (C=O) groups is 1. The number of hydrogen-bond donors (Lipinski definition) is 1. The van der Waals surface area contributed by atoms with Crippen molar-refractivity contribution in [2.45, 2.75) is 24.8 Å². The molecule has 1 heterocycles. The lowest BCUT2D eigenvalue weighted by molar-refractivity contribution is -0.122. The fourth-order valence-corrected chi connectivity index (χ4v) is 2.89. The number of nitrogens with one attached hydrogen (secondary N) is 1. The minimum Gasteiger partial charge on any atom is -0.337 e. The summed E-state index contributed by atoms with van der Waals surface area (Å²) in [5, 5.41) is 13.3. The summed E-state index contributed by atoms with van der Waals surface area (Å²) < 4.78 is 0. The number of piperidine rings is 1. The average Bonchev–Trinajstić information content (AvgIpc) is 2.45. The average molecular weight is 326 g/mol. The van der Waals surface area contributed by atoms with Crippen LogP contribution in [0.15, 0.2) is 18.2 Å². The van der Waals surface area contributed by atoms with Gasteiger partial charge in [-0.1, -0.05) is 29.3 Å². The minimum atomic E-state index is -0.761. The number of amides is 1. The number of rotatable bonds is 3. The van der Waals surface area contributed by atoms with E-state index in [9.17, 15) is 10.1 Å². The van der Waals surface area contributed by atoms with Gasteiger partial charge >= 0.3 is 0 Å². The summed E-state index contributed by atoms with van der Waals surface area (Å²) in [5.74, 6) is -0.190. The number of benzene rings is 1. The van der Waals surface area contributed by atoms with E-state index in [0.29, 0.717) is 28.5 Å². The quantitative estimate of drug-likeness (QED) is 0.929. The fraction of sp³-hybridized carbons (Fsp3) is 0.467. The predicted octanol–water partition coefficient (Wildman–Crippen LogP) is 2.64. The number of nitrogens with zero attached hydrogens (tertiary/aromatic N) is 2. The van der Waals surface area contributed by atoms with Crippen LogP contribution in [0.1, 0.15) is 18.4 Å². The maximum atomic E-state index is 12.2. The van der Waals surface area contributed by atoms with Crippen molar-refractivity contribution in [2.24, 2.45) is 0 Å². The Morgan fingerprint density at radius 2 is 2.10 bits per heavy atom. The maximum Gasteiger partial charge on any atom is 0.225 e. The van der Waals surface area contributed by atoms with E-state index in [2.05, 4.69) is 16.3 Å². The standard InChI is InChI=1S/C15H17Cl2N3O/c1-20-6-4-15(10-18,5-7-20)19-14(21)8-11-2-3-12(16)9-13(11)17/h2-3,9H,4-8H2,1H3,(H,19,21). The van der Waals surface area contributed by atoms with E-state index in [-0.39, 0.29) is 12.3 Å². The second-order valence-corrected chi connectivity index (χ2v) is 6.30. The number of hydrogen-bond acceptors (Lipinski definition) is 3. The summed E-state index contributed by atoms with van der Waals surface area (Å²) in [6.07, 6.45) is 1.43. The summed E-state index contributed by atoms with van der Waals surface area (Å²) >= 11 is 11.9. The van der Waals surface area contributed by atoms with Crippen molar-refractivity contribution in [1.29, 1.82) is 5.26 Å². The molecule has 1 amide bonds. The third kappa shape index (κ3) is 4.10. The first kappa shape index (κ1) is 16.1. The second-order valence-electron chi connectivity index (χ2n) is 5.46. The summed E-state index contributed by atoms with van der Waals surface area (Å²) in [5.41, 5.74) is -0.0535. The molecule has 1 saturated heterocycles. The highest BCUT2D eigenvalue weighted by Crippen LogP contribution is 2.23. The summed E-state index contributed by atoms with van der Waals surface area (Å²) in [6, 6.07) is 7.31. The van der Waals surface area contributed by atoms with E-state index in [1.807, 2.05) is 7.05 Å². The Labute approximate surface area is 134 Å². The van der Waals surface area contributed by atoms with Crippen molar-refractivity contribution in [3.05, 3.63) is 33.8 Å². The monoisotopic (exact) mass is 325 g/mol. The zero-order valence-corrected chi connectivity index (χ0v) is 13.3. The van der Waals surface area contributed by atoms with Crippen LogP contribution in [0.25, 0.3) is 0 Å². The molecule has 1 fully saturated rings. The van der Waals surface area contributed by atoms with Crippen molar-refractivity contribution in [1.82, 2.24) is 10.2 Å². The Balaban J connectivity index is 2.02. The molecule has 1 aliphatic rings. The van der Waals surface area contributed by atoms with Crippen molar-refractivity contribution in [2.75, 3.05) is 20.1 Å². The molecular weight excluding hydrogens is 309 g/mol. The fourth-order valence-electron chi connectivity index (χ4n) is 2.41. The molecule has 6 heteroatoms. The molecule has 1 aromatic carbocycles. The molecule has 0 saturated carbocycles. The van der Waals surface area contributed by atoms with Gasteiger partial charge in [-0.25, -0.2) is 0 Å². The third-order valence-electron chi connectivity index (χ3n) is 3.80. The molecule has 0 spiro atoms. The van der Waals surface area contributed by atoms with Gasteiger partial charge in [-0.3, -0.25) is 4.79 Å². The first-order chi connectivity index (χ1) is 9.94. The molecule has 0 unspecified atom stereocenters. The molecule has 2 rings (SSSR count). The zero-order valence-electron chi connectivity index (χ0n) is 11.8. The molecule has 4 nitrogen and oxygen atoms in total. The van der Waals surface area contributed by atoms with Crippen LogP contribution < -0.4 is 5.32 Å². The van der Waals surface area contributed by atoms with Crippen LogP contribution in [0, 0.1) is 11.3 Å². The molecular formula is C15H17Cl2N3O. The molecule has 1 aromatic rings. The van der Waals surface area contributed by atoms with Gasteiger partial charge in [-0.05, 0) is 37.6 Å². The Kier molecular flexibility index (Phi) is 5.10. The molecule has 0 radical (unpaired) electrons. The Morgan fingerprint density at radius 1 is 1.43 bits per heavy atom. The third-order valence-corrected chi connectivity index (χ3v) is 4.39. The van der Waals surface area contributed by atoms with Gasteiger partial charge in [0, 0.05) is 23.1 Å². The highest BCUT2D eigenvalue weighted by molar-refractivity contribution is 6.35. The highest BCUT2D eigenvalue weighted by Gasteiger charge is 2.35. The molecule has 21 heavy (non-hydrogen) atoms. The van der Waals surface area contributed by atoms with Gasteiger partial charge in [-0.2, -0.15) is 5.26 Å². The lowest BCUT2D eigenvalue weighted by Crippen LogP contribution is -2.54. The van der Waals surface area contributed by atoms with Gasteiger partial charge in [0.2, 0.25) is 5.91 Å². The summed E-state index contributed by atoms with van der Waals surface area (Å²) in [4.78, 5) is 14.3. The van der Waals surface area contributed by atoms with Crippen LogP contribution in [-0.2, 0) is 11.2 Å². The topological polar surface area (TPSA) is 56.1 Å². The van der Waals surface area contributed by atoms with E-state index in [1.54, 1.807) is 18.2 Å². The largest absolute Gasteiger partial charge is 0.337 e. The van der Waals surface area contributed by atoms with Crippen LogP contribution in [0.2, 0.25) is 10.0 Å². The zero-order chi connectivity index (χ0) is 15.5. The van der Waals surface area contributed by atoms with Crippen molar-refractivity contribution in [3.8, 4) is 6.07 Å². The van der Waals surface area contributed by atoms with Crippen molar-refractivity contribution < 1.29 is 4.79 Å². The molecule has 0 aromatic heterocycles. The number of carbonyl (C=O) groups excluding carboxylic acids is 1. The van der Waals surface area contributed by atoms with Gasteiger partial charge in [0.1, 0.15) is 5.54 Å². The predicted molar refractivity (Wildman–Crippen MR) is 83.4 cm³/mol. The van der Waals surface area contributed by atoms with Crippen LogP contribution >= 0.6 is 23.2 Å². The first-order valence-electron chi connectivity index (χ1n) is 6.79. The number of nitriles is 1. The summed E-state index contributed by atoms with van der Waals surface area (Å²) in [7, 11) is 2.01. The normalized spacial score (nSPS) is 18.0. The SMILES string of the molecule is CN1CCC(C#N)(NC(=O)Cc2ccc(Cl)cc2Cl)CC1. The smallest absolute Gasteiger partial charge is 0.225 e. The van der Waals surface area contributed by atoms with Gasteiger partial charge < -0.3 is 10.2 Å². The van der Waals surface area contributed by atoms with Crippen LogP contribution in [0.3, 0.4) is 0 Å². The van der Waals surface area contributed by atoms with Gasteiger partial charge in [0.15, 0.2) is 0 Å². The number of halogens is 2. The first-order valence-corrected chi connectivity index (χ1v) is 7.54. The molecule has 1 N–H and O–H groups in total. The lowest BCUT2D eigenvalue weighted by atomic mass is 9.89. The number of likely N-dealkylation sites (tertiary alicyclic amines) is 1. The Hall–Kier alpha value is -1.28. The van der Waals surface area contributed by atoms with E-state index >= 15 is 0 Å². The van der Waals surface area contributed by atoms with E-state index in [4.69, 9.17) is 23.2 Å². The van der Waals surface area contributed by atoms with E-state index < -0.39 is 5.54 Å². The molecule has 0 aliphatic carbocycles. The second kappa shape index (κ2) is 6.65.